The molecule has 1 fully saturated rings. The molecule has 1 aromatic rings. The van der Waals surface area contributed by atoms with Gasteiger partial charge < -0.3 is 16.0 Å². The molecule has 5 nitrogen and oxygen atoms in total. The van der Waals surface area contributed by atoms with E-state index in [0.717, 1.165) is 51.3 Å². The average Bonchev–Trinajstić information content (AvgIpc) is 2.55. The molecule has 1 aromatic carbocycles. The van der Waals surface area contributed by atoms with Crippen LogP contribution in [0.3, 0.4) is 0 Å². The minimum atomic E-state index is -0.0448. The first-order valence-electron chi connectivity index (χ1n) is 8.25. The normalized spacial score (nSPS) is 16.6. The average molecular weight is 304 g/mol. The van der Waals surface area contributed by atoms with Gasteiger partial charge in [-0.25, -0.2) is 0 Å². The number of hydrogen-bond donors (Lipinski definition) is 2. The summed E-state index contributed by atoms with van der Waals surface area (Å²) in [6.07, 6.45) is 0.934. The Bertz CT molecular complexity index is 495. The van der Waals surface area contributed by atoms with Gasteiger partial charge in [0.1, 0.15) is 0 Å². The Morgan fingerprint density at radius 1 is 1.18 bits per heavy atom. The minimum absolute atomic E-state index is 0.0448. The SMILES string of the molecule is CCCNC(=O)c1ccc(CN2CCN(CC)CC2)c(N)c1. The zero-order valence-electron chi connectivity index (χ0n) is 13.8. The van der Waals surface area contributed by atoms with Gasteiger partial charge in [-0.2, -0.15) is 0 Å². The standard InChI is InChI=1S/C17H28N4O/c1-3-7-19-17(22)14-5-6-15(16(18)12-14)13-21-10-8-20(4-2)9-11-21/h5-6,12H,3-4,7-11,13,18H2,1-2H3,(H,19,22). The van der Waals surface area contributed by atoms with Gasteiger partial charge in [0.15, 0.2) is 0 Å². The molecular formula is C17H28N4O. The van der Waals surface area contributed by atoms with Crippen LogP contribution in [-0.4, -0.2) is 55.0 Å². The topological polar surface area (TPSA) is 61.6 Å². The molecule has 0 aliphatic carbocycles. The Kier molecular flexibility index (Phi) is 6.21. The van der Waals surface area contributed by atoms with Crippen molar-refractivity contribution < 1.29 is 4.79 Å². The predicted molar refractivity (Wildman–Crippen MR) is 90.9 cm³/mol. The van der Waals surface area contributed by atoms with Crippen LogP contribution in [0.25, 0.3) is 0 Å². The quantitative estimate of drug-likeness (QED) is 0.783. The molecule has 5 heteroatoms. The number of carbonyl (C=O) groups excluding carboxylic acids is 1. The summed E-state index contributed by atoms with van der Waals surface area (Å²) in [4.78, 5) is 16.8. The lowest BCUT2D eigenvalue weighted by molar-refractivity contribution is 0.0953. The van der Waals surface area contributed by atoms with E-state index in [-0.39, 0.29) is 5.91 Å². The highest BCUT2D eigenvalue weighted by molar-refractivity contribution is 5.95. The molecular weight excluding hydrogens is 276 g/mol. The zero-order valence-corrected chi connectivity index (χ0v) is 13.8. The summed E-state index contributed by atoms with van der Waals surface area (Å²) in [5.41, 5.74) is 8.60. The lowest BCUT2D eigenvalue weighted by Crippen LogP contribution is -2.45. The number of piperazine rings is 1. The molecule has 0 saturated carbocycles. The largest absolute Gasteiger partial charge is 0.398 e. The van der Waals surface area contributed by atoms with Gasteiger partial charge in [0.05, 0.1) is 0 Å². The summed E-state index contributed by atoms with van der Waals surface area (Å²) in [6.45, 7) is 11.3. The van der Waals surface area contributed by atoms with Crippen molar-refractivity contribution >= 4 is 11.6 Å². The van der Waals surface area contributed by atoms with Crippen molar-refractivity contribution in [2.45, 2.75) is 26.8 Å². The van der Waals surface area contributed by atoms with E-state index in [1.807, 2.05) is 19.1 Å². The number of benzene rings is 1. The summed E-state index contributed by atoms with van der Waals surface area (Å²) >= 11 is 0. The van der Waals surface area contributed by atoms with Gasteiger partial charge in [-0.15, -0.1) is 0 Å². The maximum Gasteiger partial charge on any atom is 0.251 e. The van der Waals surface area contributed by atoms with Crippen LogP contribution >= 0.6 is 0 Å². The first-order valence-corrected chi connectivity index (χ1v) is 8.25. The molecule has 122 valence electrons. The van der Waals surface area contributed by atoms with Crippen LogP contribution < -0.4 is 11.1 Å². The Hall–Kier alpha value is -1.59. The summed E-state index contributed by atoms with van der Waals surface area (Å²) < 4.78 is 0. The molecule has 0 radical (unpaired) electrons. The van der Waals surface area contributed by atoms with Crippen LogP contribution in [0.15, 0.2) is 18.2 Å². The van der Waals surface area contributed by atoms with Crippen LogP contribution in [0.2, 0.25) is 0 Å². The fourth-order valence-corrected chi connectivity index (χ4v) is 2.73. The molecule has 1 saturated heterocycles. The third-order valence-electron chi connectivity index (χ3n) is 4.25. The molecule has 1 heterocycles. The predicted octanol–water partition coefficient (Wildman–Crippen LogP) is 1.55. The van der Waals surface area contributed by atoms with Gasteiger partial charge >= 0.3 is 0 Å². The van der Waals surface area contributed by atoms with Crippen molar-refractivity contribution in [2.75, 3.05) is 45.0 Å². The van der Waals surface area contributed by atoms with E-state index in [1.165, 1.54) is 0 Å². The molecule has 1 aliphatic rings. The summed E-state index contributed by atoms with van der Waals surface area (Å²) in [7, 11) is 0. The van der Waals surface area contributed by atoms with E-state index >= 15 is 0 Å². The van der Waals surface area contributed by atoms with Crippen LogP contribution in [-0.2, 0) is 6.54 Å². The lowest BCUT2D eigenvalue weighted by atomic mass is 10.1. The molecule has 1 amide bonds. The highest BCUT2D eigenvalue weighted by Crippen LogP contribution is 2.17. The van der Waals surface area contributed by atoms with Crippen LogP contribution in [0.4, 0.5) is 5.69 Å². The molecule has 0 spiro atoms. The Morgan fingerprint density at radius 2 is 1.86 bits per heavy atom. The maximum absolute atomic E-state index is 11.9. The number of rotatable bonds is 6. The lowest BCUT2D eigenvalue weighted by Gasteiger charge is -2.34. The zero-order chi connectivity index (χ0) is 15.9. The van der Waals surface area contributed by atoms with Crippen molar-refractivity contribution in [2.24, 2.45) is 0 Å². The minimum Gasteiger partial charge on any atom is -0.398 e. The highest BCUT2D eigenvalue weighted by atomic mass is 16.1. The third kappa shape index (κ3) is 4.45. The second kappa shape index (κ2) is 8.15. The molecule has 1 aliphatic heterocycles. The number of nitrogens with zero attached hydrogens (tertiary/aromatic N) is 2. The number of carbonyl (C=O) groups is 1. The number of amides is 1. The van der Waals surface area contributed by atoms with E-state index in [0.29, 0.717) is 17.8 Å². The van der Waals surface area contributed by atoms with Crippen LogP contribution in [0.5, 0.6) is 0 Å². The summed E-state index contributed by atoms with van der Waals surface area (Å²) in [6, 6.07) is 5.66. The van der Waals surface area contributed by atoms with Crippen molar-refractivity contribution in [1.29, 1.82) is 0 Å². The molecule has 22 heavy (non-hydrogen) atoms. The van der Waals surface area contributed by atoms with Crippen molar-refractivity contribution in [3.63, 3.8) is 0 Å². The second-order valence-electron chi connectivity index (χ2n) is 5.88. The monoisotopic (exact) mass is 304 g/mol. The second-order valence-corrected chi connectivity index (χ2v) is 5.88. The van der Waals surface area contributed by atoms with Crippen LogP contribution in [0.1, 0.15) is 36.2 Å². The number of hydrogen-bond acceptors (Lipinski definition) is 4. The number of nitrogens with one attached hydrogen (secondary N) is 1. The van der Waals surface area contributed by atoms with Crippen molar-refractivity contribution in [1.82, 2.24) is 15.1 Å². The van der Waals surface area contributed by atoms with E-state index in [1.54, 1.807) is 6.07 Å². The van der Waals surface area contributed by atoms with E-state index in [9.17, 15) is 4.79 Å². The van der Waals surface area contributed by atoms with Gasteiger partial charge in [0.2, 0.25) is 0 Å². The van der Waals surface area contributed by atoms with E-state index in [2.05, 4.69) is 22.0 Å². The van der Waals surface area contributed by atoms with Gasteiger partial charge in [0.25, 0.3) is 5.91 Å². The van der Waals surface area contributed by atoms with E-state index in [4.69, 9.17) is 5.73 Å². The molecule has 0 unspecified atom stereocenters. The van der Waals surface area contributed by atoms with Crippen molar-refractivity contribution in [3.05, 3.63) is 29.3 Å². The highest BCUT2D eigenvalue weighted by Gasteiger charge is 2.16. The summed E-state index contributed by atoms with van der Waals surface area (Å²) in [5, 5.41) is 2.88. The molecule has 0 atom stereocenters. The van der Waals surface area contributed by atoms with Gasteiger partial charge in [-0.1, -0.05) is 19.9 Å². The Balaban J connectivity index is 1.94. The first kappa shape index (κ1) is 16.8. The first-order chi connectivity index (χ1) is 10.6. The molecule has 0 bridgehead atoms. The fraction of sp³-hybridized carbons (Fsp3) is 0.588. The Morgan fingerprint density at radius 3 is 2.45 bits per heavy atom. The number of likely N-dealkylation sites (N-methyl/N-ethyl adjacent to an activating group) is 1. The molecule has 0 aromatic heterocycles. The van der Waals surface area contributed by atoms with E-state index < -0.39 is 0 Å². The number of nitrogen functional groups attached to an aromatic ring is 1. The van der Waals surface area contributed by atoms with Crippen LogP contribution in [0, 0.1) is 0 Å². The van der Waals surface area contributed by atoms with Gasteiger partial charge in [-0.3, -0.25) is 9.69 Å². The van der Waals surface area contributed by atoms with Gasteiger partial charge in [0, 0.05) is 50.5 Å². The third-order valence-corrected chi connectivity index (χ3v) is 4.25. The van der Waals surface area contributed by atoms with Crippen molar-refractivity contribution in [3.8, 4) is 0 Å². The number of nitrogens with two attached hydrogens (primary N) is 1. The fourth-order valence-electron chi connectivity index (χ4n) is 2.73. The smallest absolute Gasteiger partial charge is 0.251 e. The van der Waals surface area contributed by atoms with Gasteiger partial charge in [-0.05, 0) is 30.7 Å². The Labute approximate surface area is 133 Å². The molecule has 3 N–H and O–H groups in total. The number of anilines is 1. The molecule has 2 rings (SSSR count). The summed E-state index contributed by atoms with van der Waals surface area (Å²) in [5.74, 6) is -0.0448. The maximum atomic E-state index is 11.9.